The Bertz CT molecular complexity index is 856. The lowest BCUT2D eigenvalue weighted by Crippen LogP contribution is -2.05. The summed E-state index contributed by atoms with van der Waals surface area (Å²) in [5, 5.41) is 11.0. The first-order valence-corrected chi connectivity index (χ1v) is 8.21. The van der Waals surface area contributed by atoms with Crippen molar-refractivity contribution >= 4 is 21.9 Å². The van der Waals surface area contributed by atoms with Crippen molar-refractivity contribution in [2.24, 2.45) is 0 Å². The summed E-state index contributed by atoms with van der Waals surface area (Å²) >= 11 is 3.41. The van der Waals surface area contributed by atoms with E-state index >= 15 is 0 Å². The van der Waals surface area contributed by atoms with Crippen LogP contribution in [0.5, 0.6) is 0 Å². The summed E-state index contributed by atoms with van der Waals surface area (Å²) in [6.45, 7) is 4.03. The molecule has 0 bridgehead atoms. The van der Waals surface area contributed by atoms with Gasteiger partial charge < -0.3 is 4.74 Å². The zero-order valence-electron chi connectivity index (χ0n) is 13.2. The molecule has 0 spiro atoms. The maximum Gasteiger partial charge on any atom is 0.341 e. The monoisotopic (exact) mass is 389 g/mol. The van der Waals surface area contributed by atoms with E-state index in [-0.39, 0.29) is 12.5 Å². The van der Waals surface area contributed by atoms with Crippen LogP contribution in [0, 0.1) is 0 Å². The predicted octanol–water partition coefficient (Wildman–Crippen LogP) is 3.23. The first-order valence-electron chi connectivity index (χ1n) is 7.42. The van der Waals surface area contributed by atoms with Crippen molar-refractivity contribution in [3.63, 3.8) is 0 Å². The molecule has 3 aromatic rings. The van der Waals surface area contributed by atoms with Crippen LogP contribution in [0.2, 0.25) is 0 Å². The van der Waals surface area contributed by atoms with Gasteiger partial charge in [-0.3, -0.25) is 5.10 Å². The number of ether oxygens (including phenoxy) is 1. The van der Waals surface area contributed by atoms with Gasteiger partial charge in [-0.15, -0.1) is 0 Å². The molecule has 0 unspecified atom stereocenters. The van der Waals surface area contributed by atoms with Gasteiger partial charge in [0.1, 0.15) is 0 Å². The van der Waals surface area contributed by atoms with Gasteiger partial charge in [-0.2, -0.15) is 10.2 Å². The van der Waals surface area contributed by atoms with Crippen LogP contribution in [0.15, 0.2) is 41.1 Å². The Labute approximate surface area is 147 Å². The van der Waals surface area contributed by atoms with Gasteiger partial charge in [-0.25, -0.2) is 14.5 Å². The van der Waals surface area contributed by atoms with E-state index in [0.29, 0.717) is 17.2 Å². The Hall–Kier alpha value is -2.48. The van der Waals surface area contributed by atoms with Gasteiger partial charge in [0.25, 0.3) is 0 Å². The largest absolute Gasteiger partial charge is 0.454 e. The molecule has 8 heteroatoms. The number of nitrogens with zero attached hydrogens (tertiary/aromatic N) is 4. The van der Waals surface area contributed by atoms with Crippen LogP contribution in [0.4, 0.5) is 0 Å². The molecule has 2 heterocycles. The smallest absolute Gasteiger partial charge is 0.341 e. The van der Waals surface area contributed by atoms with E-state index in [2.05, 4.69) is 36.2 Å². The number of hydrogen-bond acceptors (Lipinski definition) is 5. The van der Waals surface area contributed by atoms with E-state index in [1.165, 1.54) is 6.20 Å². The molecule has 24 heavy (non-hydrogen) atoms. The van der Waals surface area contributed by atoms with Crippen molar-refractivity contribution in [2.75, 3.05) is 0 Å². The number of rotatable bonds is 5. The average molecular weight is 390 g/mol. The van der Waals surface area contributed by atoms with E-state index < -0.39 is 5.97 Å². The lowest BCUT2D eigenvalue weighted by molar-refractivity contribution is 0.0462. The average Bonchev–Trinajstić information content (AvgIpc) is 3.22. The molecule has 0 aliphatic heterocycles. The van der Waals surface area contributed by atoms with Crippen molar-refractivity contribution in [1.82, 2.24) is 25.0 Å². The minimum absolute atomic E-state index is 0.0423. The van der Waals surface area contributed by atoms with Gasteiger partial charge in [0.05, 0.1) is 17.4 Å². The molecule has 7 nitrogen and oxygen atoms in total. The molecule has 0 atom stereocenters. The van der Waals surface area contributed by atoms with Crippen molar-refractivity contribution in [3.05, 3.63) is 58.3 Å². The molecule has 0 aliphatic carbocycles. The number of aromatic amines is 1. The molecule has 0 saturated heterocycles. The minimum Gasteiger partial charge on any atom is -0.454 e. The number of H-pyrrole nitrogens is 1. The topological polar surface area (TPSA) is 85.7 Å². The summed E-state index contributed by atoms with van der Waals surface area (Å²) in [4.78, 5) is 16.4. The third-order valence-electron chi connectivity index (χ3n) is 3.30. The number of aromatic nitrogens is 5. The molecule has 3 rings (SSSR count). The van der Waals surface area contributed by atoms with Crippen LogP contribution in [-0.2, 0) is 11.3 Å². The Kier molecular flexibility index (Phi) is 4.75. The van der Waals surface area contributed by atoms with Gasteiger partial charge in [0.15, 0.2) is 18.3 Å². The standard InChI is InChI=1S/C16H16BrN5O2/c1-10(2)15-19-14(20-21-15)9-24-16(23)11-7-18-22(8-11)13-5-3-4-12(17)6-13/h3-8,10H,9H2,1-2H3,(H,19,20,21). The lowest BCUT2D eigenvalue weighted by Gasteiger charge is -2.01. The third kappa shape index (κ3) is 3.70. The molecule has 1 N–H and O–H groups in total. The first kappa shape index (κ1) is 16.4. The fraction of sp³-hybridized carbons (Fsp3) is 0.250. The zero-order valence-corrected chi connectivity index (χ0v) is 14.8. The van der Waals surface area contributed by atoms with Crippen LogP contribution in [0.1, 0.15) is 41.8 Å². The second-order valence-electron chi connectivity index (χ2n) is 5.52. The minimum atomic E-state index is -0.459. The third-order valence-corrected chi connectivity index (χ3v) is 3.79. The van der Waals surface area contributed by atoms with Crippen LogP contribution < -0.4 is 0 Å². The van der Waals surface area contributed by atoms with Crippen LogP contribution >= 0.6 is 15.9 Å². The van der Waals surface area contributed by atoms with Crippen LogP contribution in [0.3, 0.4) is 0 Å². The van der Waals surface area contributed by atoms with Gasteiger partial charge in [0.2, 0.25) is 0 Å². The molecule has 2 aromatic heterocycles. The first-order chi connectivity index (χ1) is 11.5. The maximum atomic E-state index is 12.1. The second-order valence-corrected chi connectivity index (χ2v) is 6.44. The Morgan fingerprint density at radius 1 is 1.42 bits per heavy atom. The molecule has 1 aromatic carbocycles. The number of benzene rings is 1. The molecule has 0 amide bonds. The summed E-state index contributed by atoms with van der Waals surface area (Å²) < 4.78 is 7.80. The highest BCUT2D eigenvalue weighted by molar-refractivity contribution is 9.10. The molecular weight excluding hydrogens is 374 g/mol. The van der Waals surface area contributed by atoms with Crippen molar-refractivity contribution in [3.8, 4) is 5.69 Å². The number of halogens is 1. The fourth-order valence-electron chi connectivity index (χ4n) is 2.04. The Morgan fingerprint density at radius 3 is 2.96 bits per heavy atom. The predicted molar refractivity (Wildman–Crippen MR) is 90.9 cm³/mol. The molecule has 0 aliphatic rings. The van der Waals surface area contributed by atoms with E-state index in [4.69, 9.17) is 4.74 Å². The number of hydrogen-bond donors (Lipinski definition) is 1. The van der Waals surface area contributed by atoms with E-state index in [1.807, 2.05) is 38.1 Å². The Balaban J connectivity index is 1.65. The summed E-state index contributed by atoms with van der Waals surface area (Å²) in [7, 11) is 0. The number of esters is 1. The van der Waals surface area contributed by atoms with Gasteiger partial charge in [-0.1, -0.05) is 35.8 Å². The number of nitrogens with one attached hydrogen (secondary N) is 1. The van der Waals surface area contributed by atoms with Gasteiger partial charge >= 0.3 is 5.97 Å². The molecule has 0 fully saturated rings. The van der Waals surface area contributed by atoms with E-state index in [9.17, 15) is 4.79 Å². The summed E-state index contributed by atoms with van der Waals surface area (Å²) in [5.41, 5.74) is 1.22. The maximum absolute atomic E-state index is 12.1. The normalized spacial score (nSPS) is 11.0. The highest BCUT2D eigenvalue weighted by Gasteiger charge is 2.13. The van der Waals surface area contributed by atoms with Crippen molar-refractivity contribution < 1.29 is 9.53 Å². The van der Waals surface area contributed by atoms with Crippen molar-refractivity contribution in [2.45, 2.75) is 26.4 Å². The summed E-state index contributed by atoms with van der Waals surface area (Å²) in [6, 6.07) is 7.62. The van der Waals surface area contributed by atoms with Crippen LogP contribution in [-0.4, -0.2) is 30.9 Å². The number of carbonyl (C=O) groups excluding carboxylic acids is 1. The lowest BCUT2D eigenvalue weighted by atomic mass is 10.2. The molecule has 0 saturated carbocycles. The highest BCUT2D eigenvalue weighted by atomic mass is 79.9. The SMILES string of the molecule is CC(C)c1n[nH]c(COC(=O)c2cnn(-c3cccc(Br)c3)c2)n1. The summed E-state index contributed by atoms with van der Waals surface area (Å²) in [5.74, 6) is 0.975. The molecule has 124 valence electrons. The summed E-state index contributed by atoms with van der Waals surface area (Å²) in [6.07, 6.45) is 3.10. The molecule has 0 radical (unpaired) electrons. The molecular formula is C16H16BrN5O2. The fourth-order valence-corrected chi connectivity index (χ4v) is 2.43. The van der Waals surface area contributed by atoms with Crippen LogP contribution in [0.25, 0.3) is 5.69 Å². The quantitative estimate of drug-likeness (QED) is 0.676. The zero-order chi connectivity index (χ0) is 17.1. The van der Waals surface area contributed by atoms with E-state index in [0.717, 1.165) is 10.2 Å². The van der Waals surface area contributed by atoms with E-state index in [1.54, 1.807) is 10.9 Å². The highest BCUT2D eigenvalue weighted by Crippen LogP contribution is 2.16. The Morgan fingerprint density at radius 2 is 2.25 bits per heavy atom. The number of carbonyl (C=O) groups is 1. The van der Waals surface area contributed by atoms with Gasteiger partial charge in [-0.05, 0) is 18.2 Å². The second kappa shape index (κ2) is 6.96. The van der Waals surface area contributed by atoms with Crippen molar-refractivity contribution in [1.29, 1.82) is 0 Å². The van der Waals surface area contributed by atoms with Gasteiger partial charge in [0, 0.05) is 16.6 Å².